The van der Waals surface area contributed by atoms with Crippen molar-refractivity contribution < 1.29 is 14.0 Å². The smallest absolute Gasteiger partial charge is 0.233 e. The van der Waals surface area contributed by atoms with Gasteiger partial charge < -0.3 is 15.6 Å². The Kier molecular flexibility index (Phi) is 7.14. The number of primary amides is 1. The number of aryl methyl sites for hydroxylation is 1. The number of nitrogens with one attached hydrogen (secondary N) is 1. The second-order valence-corrected chi connectivity index (χ2v) is 7.16. The van der Waals surface area contributed by atoms with Gasteiger partial charge in [0.05, 0.1) is 5.25 Å². The van der Waals surface area contributed by atoms with Gasteiger partial charge in [-0.15, -0.1) is 10.2 Å². The molecule has 1 aromatic heterocycles. The molecule has 0 spiro atoms. The Morgan fingerprint density at radius 2 is 1.96 bits per heavy atom. The minimum atomic E-state index is -0.392. The molecule has 0 aliphatic carbocycles. The summed E-state index contributed by atoms with van der Waals surface area (Å²) >= 11 is 1.29. The highest BCUT2D eigenvalue weighted by Crippen LogP contribution is 2.21. The third-order valence-corrected chi connectivity index (χ3v) is 4.93. The first-order valence-corrected chi connectivity index (χ1v) is 9.10. The molecule has 0 saturated carbocycles. The SMILES string of the molecule is C[C@@H](Sc1nnc(CCC(N)=O)n1C)C(=O)NCCc1ccc(F)cc1. The van der Waals surface area contributed by atoms with Gasteiger partial charge in [-0.05, 0) is 31.0 Å². The number of carbonyl (C=O) groups excluding carboxylic acids is 2. The largest absolute Gasteiger partial charge is 0.370 e. The van der Waals surface area contributed by atoms with Crippen molar-refractivity contribution >= 4 is 23.6 Å². The van der Waals surface area contributed by atoms with Gasteiger partial charge in [-0.2, -0.15) is 0 Å². The van der Waals surface area contributed by atoms with Crippen molar-refractivity contribution in [3.8, 4) is 0 Å². The van der Waals surface area contributed by atoms with Crippen LogP contribution in [-0.2, 0) is 29.5 Å². The molecule has 1 atom stereocenters. The third kappa shape index (κ3) is 5.83. The van der Waals surface area contributed by atoms with Gasteiger partial charge in [0.2, 0.25) is 11.8 Å². The van der Waals surface area contributed by atoms with E-state index in [1.807, 2.05) is 0 Å². The van der Waals surface area contributed by atoms with E-state index in [0.29, 0.717) is 30.4 Å². The number of aromatic nitrogens is 3. The Labute approximate surface area is 155 Å². The van der Waals surface area contributed by atoms with Crippen molar-refractivity contribution in [1.29, 1.82) is 0 Å². The summed E-state index contributed by atoms with van der Waals surface area (Å²) in [5, 5.41) is 11.2. The molecule has 140 valence electrons. The zero-order chi connectivity index (χ0) is 19.1. The predicted molar refractivity (Wildman–Crippen MR) is 97.0 cm³/mol. The van der Waals surface area contributed by atoms with Crippen LogP contribution in [0.4, 0.5) is 4.39 Å². The molecule has 0 saturated heterocycles. The van der Waals surface area contributed by atoms with Crippen molar-refractivity contribution in [1.82, 2.24) is 20.1 Å². The molecule has 26 heavy (non-hydrogen) atoms. The van der Waals surface area contributed by atoms with E-state index in [1.165, 1.54) is 23.9 Å². The van der Waals surface area contributed by atoms with Crippen LogP contribution in [-0.4, -0.2) is 38.4 Å². The second kappa shape index (κ2) is 9.33. The van der Waals surface area contributed by atoms with Crippen LogP contribution in [0.5, 0.6) is 0 Å². The maximum Gasteiger partial charge on any atom is 0.233 e. The first-order chi connectivity index (χ1) is 12.4. The van der Waals surface area contributed by atoms with E-state index >= 15 is 0 Å². The normalized spacial score (nSPS) is 12.0. The van der Waals surface area contributed by atoms with E-state index in [1.54, 1.807) is 30.7 Å². The van der Waals surface area contributed by atoms with Crippen LogP contribution in [0.1, 0.15) is 24.7 Å². The summed E-state index contributed by atoms with van der Waals surface area (Å²) in [7, 11) is 1.79. The van der Waals surface area contributed by atoms with E-state index in [4.69, 9.17) is 5.73 Å². The topological polar surface area (TPSA) is 103 Å². The first kappa shape index (κ1) is 19.9. The maximum atomic E-state index is 12.9. The summed E-state index contributed by atoms with van der Waals surface area (Å²) in [4.78, 5) is 23.1. The predicted octanol–water partition coefficient (Wildman–Crippen LogP) is 1.21. The van der Waals surface area contributed by atoms with Crippen molar-refractivity contribution in [2.24, 2.45) is 12.8 Å². The number of benzene rings is 1. The average Bonchev–Trinajstić information content (AvgIpc) is 2.94. The second-order valence-electron chi connectivity index (χ2n) is 5.85. The summed E-state index contributed by atoms with van der Waals surface area (Å²) in [5.41, 5.74) is 6.10. The molecule has 0 bridgehead atoms. The van der Waals surface area contributed by atoms with Crippen molar-refractivity contribution in [2.75, 3.05) is 6.54 Å². The average molecular weight is 379 g/mol. The van der Waals surface area contributed by atoms with Crippen LogP contribution in [0.15, 0.2) is 29.4 Å². The van der Waals surface area contributed by atoms with Crippen molar-refractivity contribution in [2.45, 2.75) is 36.6 Å². The highest BCUT2D eigenvalue weighted by molar-refractivity contribution is 8.00. The zero-order valence-corrected chi connectivity index (χ0v) is 15.6. The molecule has 0 aliphatic rings. The van der Waals surface area contributed by atoms with E-state index in [9.17, 15) is 14.0 Å². The molecule has 0 aliphatic heterocycles. The molecule has 1 heterocycles. The van der Waals surface area contributed by atoms with Crippen LogP contribution in [0.2, 0.25) is 0 Å². The first-order valence-electron chi connectivity index (χ1n) is 8.22. The maximum absolute atomic E-state index is 12.9. The molecule has 9 heteroatoms. The van der Waals surface area contributed by atoms with Gasteiger partial charge in [0.25, 0.3) is 0 Å². The molecule has 2 aromatic rings. The Morgan fingerprint density at radius 3 is 2.62 bits per heavy atom. The number of amides is 2. The van der Waals surface area contributed by atoms with Crippen molar-refractivity contribution in [3.05, 3.63) is 41.5 Å². The molecule has 2 rings (SSSR count). The fourth-order valence-electron chi connectivity index (χ4n) is 2.24. The van der Waals surface area contributed by atoms with Gasteiger partial charge in [-0.25, -0.2) is 4.39 Å². The van der Waals surface area contributed by atoms with Gasteiger partial charge >= 0.3 is 0 Å². The summed E-state index contributed by atoms with van der Waals surface area (Å²) < 4.78 is 14.6. The van der Waals surface area contributed by atoms with E-state index in [0.717, 1.165) is 5.56 Å². The fraction of sp³-hybridized carbons (Fsp3) is 0.412. The van der Waals surface area contributed by atoms with E-state index < -0.39 is 5.91 Å². The number of rotatable bonds is 9. The van der Waals surface area contributed by atoms with E-state index in [-0.39, 0.29) is 23.4 Å². The minimum Gasteiger partial charge on any atom is -0.370 e. The lowest BCUT2D eigenvalue weighted by Crippen LogP contribution is -2.32. The molecular weight excluding hydrogens is 357 g/mol. The van der Waals surface area contributed by atoms with Crippen LogP contribution in [0.25, 0.3) is 0 Å². The minimum absolute atomic E-state index is 0.112. The number of hydrogen-bond acceptors (Lipinski definition) is 5. The molecular formula is C17H22FN5O2S. The zero-order valence-electron chi connectivity index (χ0n) is 14.7. The molecule has 3 N–H and O–H groups in total. The van der Waals surface area contributed by atoms with Crippen LogP contribution < -0.4 is 11.1 Å². The summed E-state index contributed by atoms with van der Waals surface area (Å²) in [5.74, 6) is -0.133. The molecule has 0 fully saturated rings. The van der Waals surface area contributed by atoms with Gasteiger partial charge in [-0.1, -0.05) is 23.9 Å². The Bertz CT molecular complexity index is 763. The Balaban J connectivity index is 1.81. The lowest BCUT2D eigenvalue weighted by Gasteiger charge is -2.11. The highest BCUT2D eigenvalue weighted by atomic mass is 32.2. The Hall–Kier alpha value is -2.42. The lowest BCUT2D eigenvalue weighted by atomic mass is 10.1. The van der Waals surface area contributed by atoms with Gasteiger partial charge in [0.15, 0.2) is 5.16 Å². The molecule has 0 unspecified atom stereocenters. The number of nitrogens with two attached hydrogens (primary N) is 1. The molecule has 1 aromatic carbocycles. The van der Waals surface area contributed by atoms with Crippen molar-refractivity contribution in [3.63, 3.8) is 0 Å². The molecule has 0 radical (unpaired) electrons. The number of thioether (sulfide) groups is 1. The summed E-state index contributed by atoms with van der Waals surface area (Å²) in [6.07, 6.45) is 1.25. The molecule has 7 nitrogen and oxygen atoms in total. The lowest BCUT2D eigenvalue weighted by molar-refractivity contribution is -0.120. The Morgan fingerprint density at radius 1 is 1.27 bits per heavy atom. The number of carbonyl (C=O) groups is 2. The van der Waals surface area contributed by atoms with Gasteiger partial charge in [-0.3, -0.25) is 9.59 Å². The van der Waals surface area contributed by atoms with Crippen LogP contribution in [0.3, 0.4) is 0 Å². The summed E-state index contributed by atoms with van der Waals surface area (Å²) in [6.45, 7) is 2.26. The summed E-state index contributed by atoms with van der Waals surface area (Å²) in [6, 6.07) is 6.21. The van der Waals surface area contributed by atoms with Crippen LogP contribution in [0, 0.1) is 5.82 Å². The monoisotopic (exact) mass is 379 g/mol. The fourth-order valence-corrected chi connectivity index (χ4v) is 3.09. The van der Waals surface area contributed by atoms with Gasteiger partial charge in [0.1, 0.15) is 11.6 Å². The third-order valence-electron chi connectivity index (χ3n) is 3.80. The number of nitrogens with zero attached hydrogens (tertiary/aromatic N) is 3. The van der Waals surface area contributed by atoms with Gasteiger partial charge in [0, 0.05) is 26.4 Å². The standard InChI is InChI=1S/C17H22FN5O2S/c1-11(16(25)20-10-9-12-3-5-13(18)6-4-12)26-17-22-21-15(23(17)2)8-7-14(19)24/h3-6,11H,7-10H2,1-2H3,(H2,19,24)(H,20,25)/t11-/m1/s1. The van der Waals surface area contributed by atoms with E-state index in [2.05, 4.69) is 15.5 Å². The number of hydrogen-bond donors (Lipinski definition) is 2. The quantitative estimate of drug-likeness (QED) is 0.638. The highest BCUT2D eigenvalue weighted by Gasteiger charge is 2.18. The molecule has 2 amide bonds. The number of halogens is 1. The van der Waals surface area contributed by atoms with Crippen LogP contribution >= 0.6 is 11.8 Å².